The molecule has 0 radical (unpaired) electrons. The molecule has 4 N–H and O–H groups in total. The zero-order chi connectivity index (χ0) is 15.4. The van der Waals surface area contributed by atoms with Crippen molar-refractivity contribution in [3.8, 4) is 0 Å². The quantitative estimate of drug-likeness (QED) is 0.659. The molecule has 0 saturated carbocycles. The van der Waals surface area contributed by atoms with Crippen LogP contribution < -0.4 is 16.0 Å². The molecule has 0 aromatic heterocycles. The third-order valence-corrected chi connectivity index (χ3v) is 3.46. The van der Waals surface area contributed by atoms with Crippen molar-refractivity contribution in [2.75, 3.05) is 11.9 Å². The van der Waals surface area contributed by atoms with E-state index >= 15 is 0 Å². The number of hydrogen-bond donors (Lipinski definition) is 4. The zero-order valence-electron chi connectivity index (χ0n) is 11.0. The van der Waals surface area contributed by atoms with Crippen molar-refractivity contribution in [2.24, 2.45) is 0 Å². The Labute approximate surface area is 129 Å². The second-order valence-electron chi connectivity index (χ2n) is 4.67. The lowest BCUT2D eigenvalue weighted by Gasteiger charge is -2.23. The molecule has 0 aliphatic carbocycles. The minimum atomic E-state index is -1.07. The molecule has 7 nitrogen and oxygen atoms in total. The van der Waals surface area contributed by atoms with Gasteiger partial charge in [-0.25, -0.2) is 9.59 Å². The normalized spacial score (nSPS) is 17.8. The Kier molecular flexibility index (Phi) is 4.79. The number of anilines is 1. The van der Waals surface area contributed by atoms with E-state index in [-0.39, 0.29) is 17.5 Å². The molecule has 21 heavy (non-hydrogen) atoms. The van der Waals surface area contributed by atoms with Gasteiger partial charge in [0.25, 0.3) is 0 Å². The molecule has 112 valence electrons. The summed E-state index contributed by atoms with van der Waals surface area (Å²) in [5.41, 5.74) is 0.448. The molecule has 0 spiro atoms. The summed E-state index contributed by atoms with van der Waals surface area (Å²) in [5, 5.41) is 16.9. The van der Waals surface area contributed by atoms with Gasteiger partial charge in [-0.3, -0.25) is 4.79 Å². The molecule has 1 atom stereocenters. The molecule has 1 fully saturated rings. The van der Waals surface area contributed by atoms with Gasteiger partial charge in [0, 0.05) is 29.2 Å². The van der Waals surface area contributed by atoms with Gasteiger partial charge in [-0.2, -0.15) is 0 Å². The number of amides is 3. The predicted octanol–water partition coefficient (Wildman–Crippen LogP) is 1.55. The molecule has 8 heteroatoms. The van der Waals surface area contributed by atoms with Crippen LogP contribution in [-0.2, 0) is 4.79 Å². The van der Waals surface area contributed by atoms with Gasteiger partial charge >= 0.3 is 12.0 Å². The van der Waals surface area contributed by atoms with Crippen molar-refractivity contribution < 1.29 is 19.5 Å². The predicted molar refractivity (Wildman–Crippen MR) is 79.3 cm³/mol. The summed E-state index contributed by atoms with van der Waals surface area (Å²) < 4.78 is 0.558. The Morgan fingerprint density at radius 2 is 2.10 bits per heavy atom. The van der Waals surface area contributed by atoms with Crippen LogP contribution in [0.2, 0.25) is 0 Å². The Hall–Kier alpha value is -2.09. The molecule has 1 aliphatic heterocycles. The summed E-state index contributed by atoms with van der Waals surface area (Å²) in [6, 6.07) is 3.85. The number of benzene rings is 1. The van der Waals surface area contributed by atoms with Crippen molar-refractivity contribution in [2.45, 2.75) is 18.9 Å². The van der Waals surface area contributed by atoms with E-state index < -0.39 is 12.0 Å². The van der Waals surface area contributed by atoms with E-state index in [2.05, 4.69) is 31.9 Å². The average Bonchev–Trinajstić information content (AvgIpc) is 2.40. The molecule has 1 unspecified atom stereocenters. The third kappa shape index (κ3) is 4.45. The highest BCUT2D eigenvalue weighted by molar-refractivity contribution is 9.10. The Morgan fingerprint density at radius 1 is 1.33 bits per heavy atom. The van der Waals surface area contributed by atoms with Gasteiger partial charge in [0.15, 0.2) is 0 Å². The lowest BCUT2D eigenvalue weighted by Crippen LogP contribution is -2.48. The number of hydrogen-bond acceptors (Lipinski definition) is 3. The van der Waals surface area contributed by atoms with Crippen LogP contribution in [0.4, 0.5) is 10.5 Å². The number of rotatable bonds is 3. The number of piperidine rings is 1. The van der Waals surface area contributed by atoms with E-state index in [0.717, 1.165) is 0 Å². The van der Waals surface area contributed by atoms with Gasteiger partial charge in [0.2, 0.25) is 5.91 Å². The number of carbonyl (C=O) groups excluding carboxylic acids is 2. The number of carboxylic acids is 1. The molecule has 1 aromatic carbocycles. The molecule has 1 aliphatic rings. The third-order valence-electron chi connectivity index (χ3n) is 3.00. The van der Waals surface area contributed by atoms with E-state index in [1.807, 2.05) is 0 Å². The van der Waals surface area contributed by atoms with Gasteiger partial charge in [-0.05, 0) is 24.6 Å². The fraction of sp³-hybridized carbons (Fsp3) is 0.308. The summed E-state index contributed by atoms with van der Waals surface area (Å²) in [6.45, 7) is 0.394. The highest BCUT2D eigenvalue weighted by Gasteiger charge is 2.19. The van der Waals surface area contributed by atoms with E-state index in [1.54, 1.807) is 6.07 Å². The molecular formula is C13H14BrN3O4. The summed E-state index contributed by atoms with van der Waals surface area (Å²) >= 11 is 3.19. The first-order valence-corrected chi connectivity index (χ1v) is 7.11. The number of urea groups is 1. The van der Waals surface area contributed by atoms with Gasteiger partial charge < -0.3 is 21.1 Å². The van der Waals surface area contributed by atoms with Gasteiger partial charge in [-0.1, -0.05) is 15.9 Å². The van der Waals surface area contributed by atoms with Crippen LogP contribution in [0.15, 0.2) is 22.7 Å². The SMILES string of the molecule is O=C1CCC(NC(=O)Nc2cc(Br)cc(C(=O)O)c2)CN1. The number of aromatic carboxylic acids is 1. The number of carboxylic acid groups (broad SMARTS) is 1. The standard InChI is InChI=1S/C13H14BrN3O4/c14-8-3-7(12(19)20)4-10(5-8)17-13(21)16-9-1-2-11(18)15-6-9/h3-5,9H,1-2,6H2,(H,15,18)(H,19,20)(H2,16,17,21). The van der Waals surface area contributed by atoms with Crippen molar-refractivity contribution in [1.82, 2.24) is 10.6 Å². The maximum absolute atomic E-state index is 11.9. The Bertz CT molecular complexity index is 581. The van der Waals surface area contributed by atoms with Gasteiger partial charge in [-0.15, -0.1) is 0 Å². The fourth-order valence-corrected chi connectivity index (χ4v) is 2.49. The largest absolute Gasteiger partial charge is 0.478 e. The second-order valence-corrected chi connectivity index (χ2v) is 5.59. The maximum Gasteiger partial charge on any atom is 0.335 e. The molecule has 1 aromatic rings. The highest BCUT2D eigenvalue weighted by atomic mass is 79.9. The highest BCUT2D eigenvalue weighted by Crippen LogP contribution is 2.19. The minimum absolute atomic E-state index is 0.0217. The van der Waals surface area contributed by atoms with Crippen LogP contribution in [0.25, 0.3) is 0 Å². The van der Waals surface area contributed by atoms with Gasteiger partial charge in [0.05, 0.1) is 5.56 Å². The van der Waals surface area contributed by atoms with Crippen molar-refractivity contribution in [3.05, 3.63) is 28.2 Å². The van der Waals surface area contributed by atoms with Crippen LogP contribution in [0.3, 0.4) is 0 Å². The zero-order valence-corrected chi connectivity index (χ0v) is 12.6. The first kappa shape index (κ1) is 15.3. The van der Waals surface area contributed by atoms with Crippen molar-refractivity contribution in [3.63, 3.8) is 0 Å². The van der Waals surface area contributed by atoms with E-state index in [0.29, 0.717) is 29.5 Å². The van der Waals surface area contributed by atoms with Crippen LogP contribution in [0.5, 0.6) is 0 Å². The number of halogens is 1. The lowest BCUT2D eigenvalue weighted by molar-refractivity contribution is -0.122. The van der Waals surface area contributed by atoms with Crippen LogP contribution in [0, 0.1) is 0 Å². The molecule has 3 amide bonds. The number of nitrogens with one attached hydrogen (secondary N) is 3. The summed E-state index contributed by atoms with van der Waals surface area (Å²) in [4.78, 5) is 33.8. The summed E-state index contributed by atoms with van der Waals surface area (Å²) in [6.07, 6.45) is 0.961. The van der Waals surface area contributed by atoms with E-state index in [1.165, 1.54) is 12.1 Å². The van der Waals surface area contributed by atoms with Crippen molar-refractivity contribution >= 4 is 39.5 Å². The van der Waals surface area contributed by atoms with Crippen LogP contribution in [0.1, 0.15) is 23.2 Å². The Balaban J connectivity index is 1.96. The van der Waals surface area contributed by atoms with Crippen LogP contribution >= 0.6 is 15.9 Å². The monoisotopic (exact) mass is 355 g/mol. The summed E-state index contributed by atoms with van der Waals surface area (Å²) in [5.74, 6) is -1.10. The molecule has 1 heterocycles. The van der Waals surface area contributed by atoms with Crippen molar-refractivity contribution in [1.29, 1.82) is 0 Å². The van der Waals surface area contributed by atoms with Gasteiger partial charge in [0.1, 0.15) is 0 Å². The maximum atomic E-state index is 11.9. The number of carbonyl (C=O) groups is 3. The first-order valence-electron chi connectivity index (χ1n) is 6.32. The van der Waals surface area contributed by atoms with E-state index in [9.17, 15) is 14.4 Å². The smallest absolute Gasteiger partial charge is 0.335 e. The molecule has 0 bridgehead atoms. The topological polar surface area (TPSA) is 108 Å². The first-order chi connectivity index (χ1) is 9.94. The minimum Gasteiger partial charge on any atom is -0.478 e. The van der Waals surface area contributed by atoms with Crippen LogP contribution in [-0.4, -0.2) is 35.6 Å². The summed E-state index contributed by atoms with van der Waals surface area (Å²) in [7, 11) is 0. The fourth-order valence-electron chi connectivity index (χ4n) is 1.99. The lowest BCUT2D eigenvalue weighted by atomic mass is 10.1. The average molecular weight is 356 g/mol. The molecule has 1 saturated heterocycles. The molecule has 2 rings (SSSR count). The van der Waals surface area contributed by atoms with E-state index in [4.69, 9.17) is 5.11 Å². The molecular weight excluding hydrogens is 342 g/mol. The Morgan fingerprint density at radius 3 is 2.71 bits per heavy atom. The second kappa shape index (κ2) is 6.57.